The number of rotatable bonds is 6. The summed E-state index contributed by atoms with van der Waals surface area (Å²) in [5.41, 5.74) is 0.948. The van der Waals surface area contributed by atoms with Crippen molar-refractivity contribution >= 4 is 21.9 Å². The van der Waals surface area contributed by atoms with Crippen LogP contribution in [-0.4, -0.2) is 25.5 Å². The van der Waals surface area contributed by atoms with E-state index in [4.69, 9.17) is 9.47 Å². The van der Waals surface area contributed by atoms with E-state index in [1.165, 1.54) is 7.11 Å². The van der Waals surface area contributed by atoms with Crippen LogP contribution in [-0.2, 0) is 19.9 Å². The van der Waals surface area contributed by atoms with E-state index < -0.39 is 11.5 Å². The lowest BCUT2D eigenvalue weighted by molar-refractivity contribution is -0.151. The molecular formula is C18H19BrO3. The molecule has 0 amide bonds. The molecule has 0 saturated carbocycles. The highest BCUT2D eigenvalue weighted by atomic mass is 79.9. The number of benzene rings is 2. The van der Waals surface area contributed by atoms with Gasteiger partial charge in [0.05, 0.1) is 7.11 Å². The monoisotopic (exact) mass is 362 g/mol. The molecule has 2 aromatic rings. The second-order valence-corrected chi connectivity index (χ2v) is 5.52. The molecule has 0 aliphatic carbocycles. The Morgan fingerprint density at radius 2 is 1.59 bits per heavy atom. The Kier molecular flexibility index (Phi) is 5.75. The zero-order chi connectivity index (χ0) is 16.0. The highest BCUT2D eigenvalue weighted by Gasteiger charge is 2.46. The van der Waals surface area contributed by atoms with E-state index in [0.29, 0.717) is 5.33 Å². The summed E-state index contributed by atoms with van der Waals surface area (Å²) in [6, 6.07) is 19.3. The van der Waals surface area contributed by atoms with Gasteiger partial charge in [-0.25, -0.2) is 0 Å². The van der Waals surface area contributed by atoms with Crippen molar-refractivity contribution in [1.29, 1.82) is 0 Å². The van der Waals surface area contributed by atoms with E-state index in [1.54, 1.807) is 7.11 Å². The number of alkyl halides is 1. The van der Waals surface area contributed by atoms with Crippen LogP contribution < -0.4 is 0 Å². The van der Waals surface area contributed by atoms with Gasteiger partial charge in [-0.15, -0.1) is 0 Å². The largest absolute Gasteiger partial charge is 0.468 e. The molecule has 0 unspecified atom stereocenters. The molecule has 0 aromatic heterocycles. The Morgan fingerprint density at radius 3 is 2.05 bits per heavy atom. The molecule has 0 spiro atoms. The van der Waals surface area contributed by atoms with Crippen molar-refractivity contribution in [2.45, 2.75) is 11.5 Å². The molecule has 0 bridgehead atoms. The molecular weight excluding hydrogens is 344 g/mol. The highest BCUT2D eigenvalue weighted by molar-refractivity contribution is 9.09. The van der Waals surface area contributed by atoms with Gasteiger partial charge in [-0.05, 0) is 11.1 Å². The molecule has 0 fully saturated rings. The van der Waals surface area contributed by atoms with Gasteiger partial charge in [0.2, 0.25) is 0 Å². The standard InChI is InChI=1S/C18H19BrO3/c1-21-17(20)16(14-9-5-3-6-10-14)18(13-19,22-2)15-11-7-4-8-12-15/h3-12,16H,13H2,1-2H3/t16-,18+/m0/s1. The SMILES string of the molecule is COC(=O)[C@H](c1ccccc1)[C@](CBr)(OC)c1ccccc1. The summed E-state index contributed by atoms with van der Waals surface area (Å²) in [5, 5.41) is 0.467. The van der Waals surface area contributed by atoms with E-state index in [0.717, 1.165) is 11.1 Å². The molecule has 3 nitrogen and oxygen atoms in total. The fraction of sp³-hybridized carbons (Fsp3) is 0.278. The van der Waals surface area contributed by atoms with Crippen LogP contribution in [0.4, 0.5) is 0 Å². The normalized spacial score (nSPS) is 14.9. The van der Waals surface area contributed by atoms with Gasteiger partial charge in [0.1, 0.15) is 11.5 Å². The van der Waals surface area contributed by atoms with E-state index in [1.807, 2.05) is 60.7 Å². The first kappa shape index (κ1) is 16.7. The third kappa shape index (κ3) is 3.08. The summed E-state index contributed by atoms with van der Waals surface area (Å²) in [6.45, 7) is 0. The van der Waals surface area contributed by atoms with Crippen molar-refractivity contribution in [3.63, 3.8) is 0 Å². The van der Waals surface area contributed by atoms with E-state index in [2.05, 4.69) is 15.9 Å². The summed E-state index contributed by atoms with van der Waals surface area (Å²) in [4.78, 5) is 12.5. The third-order valence-corrected chi connectivity index (χ3v) is 4.69. The maximum atomic E-state index is 12.5. The summed E-state index contributed by atoms with van der Waals surface area (Å²) in [6.07, 6.45) is 0. The molecule has 22 heavy (non-hydrogen) atoms. The summed E-state index contributed by atoms with van der Waals surface area (Å²) >= 11 is 3.53. The van der Waals surface area contributed by atoms with Crippen molar-refractivity contribution in [3.05, 3.63) is 71.8 Å². The van der Waals surface area contributed by atoms with Gasteiger partial charge in [0.25, 0.3) is 0 Å². The van der Waals surface area contributed by atoms with Gasteiger partial charge < -0.3 is 9.47 Å². The second-order valence-electron chi connectivity index (χ2n) is 4.96. The van der Waals surface area contributed by atoms with Gasteiger partial charge in [0, 0.05) is 12.4 Å². The minimum absolute atomic E-state index is 0.323. The van der Waals surface area contributed by atoms with Gasteiger partial charge in [-0.3, -0.25) is 4.79 Å². The van der Waals surface area contributed by atoms with Crippen LogP contribution in [0.25, 0.3) is 0 Å². The first-order valence-electron chi connectivity index (χ1n) is 6.99. The van der Waals surface area contributed by atoms with Gasteiger partial charge in [0.15, 0.2) is 0 Å². The summed E-state index contributed by atoms with van der Waals surface area (Å²) in [7, 11) is 3.02. The molecule has 0 N–H and O–H groups in total. The highest BCUT2D eigenvalue weighted by Crippen LogP contribution is 2.42. The van der Waals surface area contributed by atoms with Crippen molar-refractivity contribution in [2.75, 3.05) is 19.5 Å². The number of methoxy groups -OCH3 is 2. The number of carbonyl (C=O) groups excluding carboxylic acids is 1. The molecule has 0 radical (unpaired) electrons. The number of hydrogen-bond acceptors (Lipinski definition) is 3. The Balaban J connectivity index is 2.62. The summed E-state index contributed by atoms with van der Waals surface area (Å²) < 4.78 is 10.9. The van der Waals surface area contributed by atoms with E-state index >= 15 is 0 Å². The fourth-order valence-electron chi connectivity index (χ4n) is 2.69. The lowest BCUT2D eigenvalue weighted by atomic mass is 9.78. The first-order chi connectivity index (χ1) is 10.7. The number of carbonyl (C=O) groups is 1. The summed E-state index contributed by atoms with van der Waals surface area (Å²) in [5.74, 6) is -0.887. The van der Waals surface area contributed by atoms with Crippen molar-refractivity contribution < 1.29 is 14.3 Å². The van der Waals surface area contributed by atoms with E-state index in [9.17, 15) is 4.79 Å². The molecule has 2 atom stereocenters. The quantitative estimate of drug-likeness (QED) is 0.577. The first-order valence-corrected chi connectivity index (χ1v) is 8.11. The predicted octanol–water partition coefficient (Wildman–Crippen LogP) is 3.88. The minimum atomic E-state index is -0.838. The lowest BCUT2D eigenvalue weighted by Gasteiger charge is -2.37. The molecule has 116 valence electrons. The maximum Gasteiger partial charge on any atom is 0.316 e. The molecule has 0 saturated heterocycles. The van der Waals surface area contributed by atoms with Crippen molar-refractivity contribution in [2.24, 2.45) is 0 Å². The van der Waals surface area contributed by atoms with Gasteiger partial charge in [-0.2, -0.15) is 0 Å². The average Bonchev–Trinajstić information content (AvgIpc) is 2.60. The average molecular weight is 363 g/mol. The Hall–Kier alpha value is -1.65. The molecule has 0 aliphatic rings. The minimum Gasteiger partial charge on any atom is -0.468 e. The van der Waals surface area contributed by atoms with Gasteiger partial charge in [-0.1, -0.05) is 76.6 Å². The molecule has 0 aliphatic heterocycles. The molecule has 4 heteroatoms. The third-order valence-electron chi connectivity index (χ3n) is 3.86. The van der Waals surface area contributed by atoms with Crippen LogP contribution in [0.2, 0.25) is 0 Å². The number of ether oxygens (including phenoxy) is 2. The van der Waals surface area contributed by atoms with Crippen molar-refractivity contribution in [1.82, 2.24) is 0 Å². The van der Waals surface area contributed by atoms with Crippen LogP contribution in [0, 0.1) is 0 Å². The fourth-order valence-corrected chi connectivity index (χ4v) is 3.57. The number of hydrogen-bond donors (Lipinski definition) is 0. The van der Waals surface area contributed by atoms with Crippen LogP contribution >= 0.6 is 15.9 Å². The van der Waals surface area contributed by atoms with Crippen LogP contribution in [0.1, 0.15) is 17.0 Å². The zero-order valence-corrected chi connectivity index (χ0v) is 14.2. The second kappa shape index (κ2) is 7.56. The predicted molar refractivity (Wildman–Crippen MR) is 90.1 cm³/mol. The molecule has 2 aromatic carbocycles. The topological polar surface area (TPSA) is 35.5 Å². The Morgan fingerprint density at radius 1 is 1.05 bits per heavy atom. The Labute approximate surface area is 139 Å². The van der Waals surface area contributed by atoms with Crippen LogP contribution in [0.3, 0.4) is 0 Å². The van der Waals surface area contributed by atoms with Crippen LogP contribution in [0.15, 0.2) is 60.7 Å². The smallest absolute Gasteiger partial charge is 0.316 e. The zero-order valence-electron chi connectivity index (χ0n) is 12.7. The van der Waals surface area contributed by atoms with Gasteiger partial charge >= 0.3 is 5.97 Å². The maximum absolute atomic E-state index is 12.5. The number of halogens is 1. The Bertz CT molecular complexity index is 594. The number of esters is 1. The lowest BCUT2D eigenvalue weighted by Crippen LogP contribution is -2.42. The molecule has 2 rings (SSSR count). The van der Waals surface area contributed by atoms with Crippen molar-refractivity contribution in [3.8, 4) is 0 Å². The van der Waals surface area contributed by atoms with E-state index in [-0.39, 0.29) is 5.97 Å². The molecule has 0 heterocycles. The van der Waals surface area contributed by atoms with Crippen LogP contribution in [0.5, 0.6) is 0 Å².